The quantitative estimate of drug-likeness (QED) is 0.551. The Labute approximate surface area is 162 Å². The van der Waals surface area contributed by atoms with Gasteiger partial charge in [0.15, 0.2) is 0 Å². The summed E-state index contributed by atoms with van der Waals surface area (Å²) in [4.78, 5) is 12.0. The fraction of sp³-hybridized carbons (Fsp3) is 0.381. The molecule has 0 aliphatic rings. The van der Waals surface area contributed by atoms with Gasteiger partial charge in [0.1, 0.15) is 23.9 Å². The Bertz CT molecular complexity index is 779. The minimum absolute atomic E-state index is 0.137. The van der Waals surface area contributed by atoms with Gasteiger partial charge >= 0.3 is 12.1 Å². The number of hydrogen-bond acceptors (Lipinski definition) is 4. The number of carbonyl (C=O) groups excluding carboxylic acids is 1. The Morgan fingerprint density at radius 2 is 1.36 bits per heavy atom. The number of benzene rings is 2. The Morgan fingerprint density at radius 3 is 1.82 bits per heavy atom. The predicted octanol–water partition coefficient (Wildman–Crippen LogP) is 5.85. The largest absolute Gasteiger partial charge is 0.492 e. The molecule has 0 atom stereocenters. The first-order chi connectivity index (χ1) is 13.0. The fourth-order valence-corrected chi connectivity index (χ4v) is 2.15. The van der Waals surface area contributed by atoms with Crippen LogP contribution in [0.2, 0.25) is 0 Å². The molecule has 0 aromatic heterocycles. The lowest BCUT2D eigenvalue weighted by Crippen LogP contribution is -2.34. The molecule has 152 valence electrons. The van der Waals surface area contributed by atoms with Crippen LogP contribution in [0.5, 0.6) is 17.2 Å². The standard InChI is InChI=1S/C21H23F3O4/c1-14(2)27-19(25)20(3,4)13-26-16-9-11-18(12-10-16)28-17-7-5-15(6-8-17)21(22,23)24/h5-12,14H,13H2,1-4H3. The Hall–Kier alpha value is -2.70. The molecule has 4 nitrogen and oxygen atoms in total. The number of esters is 1. The van der Waals surface area contributed by atoms with E-state index in [1.165, 1.54) is 12.1 Å². The van der Waals surface area contributed by atoms with Crippen LogP contribution in [0.3, 0.4) is 0 Å². The van der Waals surface area contributed by atoms with E-state index in [2.05, 4.69) is 0 Å². The van der Waals surface area contributed by atoms with Crippen LogP contribution < -0.4 is 9.47 Å². The van der Waals surface area contributed by atoms with E-state index in [0.717, 1.165) is 12.1 Å². The van der Waals surface area contributed by atoms with Crippen LogP contribution in [0.15, 0.2) is 48.5 Å². The van der Waals surface area contributed by atoms with E-state index >= 15 is 0 Å². The van der Waals surface area contributed by atoms with Crippen molar-refractivity contribution < 1.29 is 32.2 Å². The van der Waals surface area contributed by atoms with Gasteiger partial charge in [0.05, 0.1) is 17.1 Å². The molecule has 2 aromatic carbocycles. The third kappa shape index (κ3) is 6.18. The molecule has 0 aliphatic heterocycles. The Kier molecular flexibility index (Phi) is 6.59. The average Bonchev–Trinajstić information content (AvgIpc) is 2.60. The van der Waals surface area contributed by atoms with Crippen molar-refractivity contribution >= 4 is 5.97 Å². The van der Waals surface area contributed by atoms with Gasteiger partial charge in [0, 0.05) is 0 Å². The molecular weight excluding hydrogens is 373 g/mol. The van der Waals surface area contributed by atoms with Crippen molar-refractivity contribution in [2.45, 2.75) is 40.0 Å². The second-order valence-electron chi connectivity index (χ2n) is 7.22. The Balaban J connectivity index is 1.93. The summed E-state index contributed by atoms with van der Waals surface area (Å²) in [7, 11) is 0. The number of carbonyl (C=O) groups is 1. The lowest BCUT2D eigenvalue weighted by atomic mass is 9.95. The third-order valence-corrected chi connectivity index (χ3v) is 3.74. The van der Waals surface area contributed by atoms with Crippen molar-refractivity contribution in [3.05, 3.63) is 54.1 Å². The van der Waals surface area contributed by atoms with E-state index < -0.39 is 17.2 Å². The lowest BCUT2D eigenvalue weighted by Gasteiger charge is -2.24. The van der Waals surface area contributed by atoms with Gasteiger partial charge in [-0.05, 0) is 76.2 Å². The van der Waals surface area contributed by atoms with E-state index in [4.69, 9.17) is 14.2 Å². The van der Waals surface area contributed by atoms with Crippen LogP contribution in [-0.2, 0) is 15.7 Å². The Morgan fingerprint density at radius 1 is 0.893 bits per heavy atom. The van der Waals surface area contributed by atoms with Gasteiger partial charge < -0.3 is 14.2 Å². The van der Waals surface area contributed by atoms with E-state index in [1.54, 1.807) is 52.0 Å². The molecule has 0 saturated carbocycles. The minimum atomic E-state index is -4.38. The summed E-state index contributed by atoms with van der Waals surface area (Å²) in [6.07, 6.45) is -4.58. The van der Waals surface area contributed by atoms with Crippen molar-refractivity contribution in [1.82, 2.24) is 0 Å². The van der Waals surface area contributed by atoms with Gasteiger partial charge in [-0.25, -0.2) is 0 Å². The number of rotatable bonds is 7. The van der Waals surface area contributed by atoms with Crippen LogP contribution in [0, 0.1) is 5.41 Å². The molecule has 7 heteroatoms. The van der Waals surface area contributed by atoms with Crippen LogP contribution in [0.4, 0.5) is 13.2 Å². The van der Waals surface area contributed by atoms with Crippen molar-refractivity contribution in [3.63, 3.8) is 0 Å². The zero-order valence-electron chi connectivity index (χ0n) is 16.2. The third-order valence-electron chi connectivity index (χ3n) is 3.74. The van der Waals surface area contributed by atoms with Crippen molar-refractivity contribution in [2.75, 3.05) is 6.61 Å². The summed E-state index contributed by atoms with van der Waals surface area (Å²) in [5.74, 6) is 0.930. The maximum Gasteiger partial charge on any atom is 0.416 e. The molecule has 28 heavy (non-hydrogen) atoms. The van der Waals surface area contributed by atoms with Crippen LogP contribution in [0.1, 0.15) is 33.3 Å². The van der Waals surface area contributed by atoms with Crippen LogP contribution in [-0.4, -0.2) is 18.7 Å². The molecule has 2 rings (SSSR count). The average molecular weight is 396 g/mol. The van der Waals surface area contributed by atoms with E-state index in [9.17, 15) is 18.0 Å². The molecule has 0 bridgehead atoms. The first-order valence-electron chi connectivity index (χ1n) is 8.76. The summed E-state index contributed by atoms with van der Waals surface area (Å²) < 4.78 is 54.1. The number of hydrogen-bond donors (Lipinski definition) is 0. The normalized spacial score (nSPS) is 12.0. The highest BCUT2D eigenvalue weighted by Gasteiger charge is 2.31. The summed E-state index contributed by atoms with van der Waals surface area (Å²) in [6, 6.07) is 11.0. The van der Waals surface area contributed by atoms with Crippen molar-refractivity contribution in [1.29, 1.82) is 0 Å². The van der Waals surface area contributed by atoms with E-state index in [1.807, 2.05) is 0 Å². The van der Waals surface area contributed by atoms with Gasteiger partial charge in [0.2, 0.25) is 0 Å². The molecule has 0 radical (unpaired) electrons. The van der Waals surface area contributed by atoms with Crippen LogP contribution in [0.25, 0.3) is 0 Å². The topological polar surface area (TPSA) is 44.8 Å². The van der Waals surface area contributed by atoms with Gasteiger partial charge in [-0.2, -0.15) is 13.2 Å². The molecule has 0 spiro atoms. The van der Waals surface area contributed by atoms with Crippen molar-refractivity contribution in [3.8, 4) is 17.2 Å². The first kappa shape index (κ1) is 21.6. The summed E-state index contributed by atoms with van der Waals surface area (Å²) in [6.45, 7) is 7.17. The fourth-order valence-electron chi connectivity index (χ4n) is 2.15. The SMILES string of the molecule is CC(C)OC(=O)C(C)(C)COc1ccc(Oc2ccc(C(F)(F)F)cc2)cc1. The molecule has 0 saturated heterocycles. The van der Waals surface area contributed by atoms with Gasteiger partial charge in [-0.1, -0.05) is 0 Å². The monoisotopic (exact) mass is 396 g/mol. The van der Waals surface area contributed by atoms with Crippen LogP contribution >= 0.6 is 0 Å². The van der Waals surface area contributed by atoms with Gasteiger partial charge in [-0.15, -0.1) is 0 Å². The van der Waals surface area contributed by atoms with E-state index in [0.29, 0.717) is 17.2 Å². The highest BCUT2D eigenvalue weighted by atomic mass is 19.4. The summed E-state index contributed by atoms with van der Waals surface area (Å²) in [5.41, 5.74) is -1.54. The maximum atomic E-state index is 12.6. The van der Waals surface area contributed by atoms with Gasteiger partial charge in [0.25, 0.3) is 0 Å². The molecule has 0 amide bonds. The minimum Gasteiger partial charge on any atom is -0.492 e. The molecule has 2 aromatic rings. The molecule has 0 fully saturated rings. The molecule has 0 N–H and O–H groups in total. The zero-order chi connectivity index (χ0) is 20.9. The number of halogens is 3. The zero-order valence-corrected chi connectivity index (χ0v) is 16.2. The smallest absolute Gasteiger partial charge is 0.416 e. The van der Waals surface area contributed by atoms with E-state index in [-0.39, 0.29) is 18.7 Å². The molecule has 0 unspecified atom stereocenters. The highest BCUT2D eigenvalue weighted by molar-refractivity contribution is 5.76. The highest BCUT2D eigenvalue weighted by Crippen LogP contribution is 2.32. The summed E-state index contributed by atoms with van der Waals surface area (Å²) in [5, 5.41) is 0. The molecular formula is C21H23F3O4. The van der Waals surface area contributed by atoms with Gasteiger partial charge in [-0.3, -0.25) is 4.79 Å². The molecule has 0 aliphatic carbocycles. The number of alkyl halides is 3. The number of ether oxygens (including phenoxy) is 3. The second-order valence-corrected chi connectivity index (χ2v) is 7.22. The lowest BCUT2D eigenvalue weighted by molar-refractivity contribution is -0.159. The predicted molar refractivity (Wildman–Crippen MR) is 98.5 cm³/mol. The first-order valence-corrected chi connectivity index (χ1v) is 8.76. The van der Waals surface area contributed by atoms with Crippen molar-refractivity contribution in [2.24, 2.45) is 5.41 Å². The second kappa shape index (κ2) is 8.54. The summed E-state index contributed by atoms with van der Waals surface area (Å²) >= 11 is 0. The maximum absolute atomic E-state index is 12.6. The molecule has 0 heterocycles.